The number of esters is 1. The molecular formula is C34H41N5O7S. The van der Waals surface area contributed by atoms with Crippen molar-refractivity contribution < 1.29 is 31.6 Å². The largest absolute Gasteiger partial charge is 0.496 e. The van der Waals surface area contributed by atoms with Gasteiger partial charge in [0.2, 0.25) is 0 Å². The van der Waals surface area contributed by atoms with E-state index in [0.29, 0.717) is 29.2 Å². The van der Waals surface area contributed by atoms with Crippen LogP contribution < -0.4 is 13.7 Å². The molecule has 3 aromatic carbocycles. The molecule has 0 amide bonds. The molecule has 4 aromatic rings. The molecule has 0 spiro atoms. The van der Waals surface area contributed by atoms with E-state index in [-0.39, 0.29) is 43.8 Å². The zero-order chi connectivity index (χ0) is 33.1. The van der Waals surface area contributed by atoms with E-state index in [1.807, 2.05) is 48.0 Å². The standard InChI is InChI=1S/C34H41N5O7S/c1-5-44-33(40)20-29-24-8-12-31(43-4)25(18-24)21-38-22-26-19-27(9-13-32(26)46-47(38,41)42)45-17-16-37(3)14-6-7-15-39-30-11-10-28(29)23(2)34(30)35-36-39/h8-13,18-19,29H,5-7,14-17,20-22H2,1-4H3. The maximum absolute atomic E-state index is 13.3. The van der Waals surface area contributed by atoms with Crippen molar-refractivity contribution in [2.75, 3.05) is 40.5 Å². The van der Waals surface area contributed by atoms with Gasteiger partial charge in [-0.15, -0.1) is 5.10 Å². The Kier molecular flexibility index (Phi) is 9.67. The van der Waals surface area contributed by atoms with Crippen molar-refractivity contribution in [3.05, 3.63) is 76.3 Å². The number of carbonyl (C=O) groups excluding carboxylic acids is 1. The van der Waals surface area contributed by atoms with E-state index in [0.717, 1.165) is 60.2 Å². The molecule has 3 aliphatic rings. The quantitative estimate of drug-likeness (QED) is 0.287. The van der Waals surface area contributed by atoms with Crippen LogP contribution in [-0.2, 0) is 39.5 Å². The van der Waals surface area contributed by atoms with Crippen molar-refractivity contribution in [3.8, 4) is 17.2 Å². The number of ether oxygens (including phenoxy) is 3. The Hall–Kier alpha value is -4.20. The van der Waals surface area contributed by atoms with Gasteiger partial charge < -0.3 is 23.3 Å². The first kappa shape index (κ1) is 32.7. The van der Waals surface area contributed by atoms with Gasteiger partial charge in [0.1, 0.15) is 29.4 Å². The summed E-state index contributed by atoms with van der Waals surface area (Å²) in [6, 6.07) is 14.9. The van der Waals surface area contributed by atoms with Crippen LogP contribution in [-0.4, -0.2) is 79.0 Å². The molecule has 0 saturated carbocycles. The molecule has 2 unspecified atom stereocenters. The molecule has 250 valence electrons. The van der Waals surface area contributed by atoms with E-state index in [2.05, 4.69) is 22.3 Å². The van der Waals surface area contributed by atoms with Gasteiger partial charge in [0.05, 0.1) is 25.7 Å². The normalized spacial score (nSPS) is 20.1. The van der Waals surface area contributed by atoms with Crippen molar-refractivity contribution >= 4 is 27.3 Å². The average Bonchev–Trinajstić information content (AvgIpc) is 3.46. The molecule has 13 heteroatoms. The summed E-state index contributed by atoms with van der Waals surface area (Å²) in [6.45, 7) is 7.02. The van der Waals surface area contributed by atoms with Crippen LogP contribution in [0.2, 0.25) is 0 Å². The predicted molar refractivity (Wildman–Crippen MR) is 176 cm³/mol. The number of methoxy groups -OCH3 is 1. The topological polar surface area (TPSA) is 125 Å². The molecule has 0 N–H and O–H groups in total. The molecule has 7 rings (SSSR count). The summed E-state index contributed by atoms with van der Waals surface area (Å²) in [7, 11) is -0.488. The molecule has 4 heterocycles. The number of carbonyl (C=O) groups is 1. The molecule has 47 heavy (non-hydrogen) atoms. The van der Waals surface area contributed by atoms with Crippen LogP contribution in [0.1, 0.15) is 59.9 Å². The maximum Gasteiger partial charge on any atom is 0.385 e. The fourth-order valence-corrected chi connectivity index (χ4v) is 7.43. The number of nitrogens with zero attached hydrogens (tertiary/aromatic N) is 5. The SMILES string of the molecule is CCOC(=O)CC1c2ccc(OC)c(c2)CN2Cc3cc(ccc3OS2(=O)=O)OCCN(C)CCCCn2nnc3c(C)c1ccc32. The van der Waals surface area contributed by atoms with E-state index in [9.17, 15) is 13.2 Å². The molecule has 0 radical (unpaired) electrons. The third-order valence-electron chi connectivity index (χ3n) is 8.88. The highest BCUT2D eigenvalue weighted by Crippen LogP contribution is 2.38. The first-order valence-electron chi connectivity index (χ1n) is 16.0. The van der Waals surface area contributed by atoms with E-state index in [1.165, 1.54) is 4.31 Å². The Bertz CT molecular complexity index is 1880. The minimum Gasteiger partial charge on any atom is -0.496 e. The van der Waals surface area contributed by atoms with Gasteiger partial charge in [-0.1, -0.05) is 23.4 Å². The van der Waals surface area contributed by atoms with Gasteiger partial charge in [0.15, 0.2) is 0 Å². The average molecular weight is 664 g/mol. The van der Waals surface area contributed by atoms with E-state index >= 15 is 0 Å². The maximum atomic E-state index is 13.3. The molecule has 9 bridgehead atoms. The Balaban J connectivity index is 1.44. The van der Waals surface area contributed by atoms with Crippen LogP contribution in [0.4, 0.5) is 0 Å². The lowest BCUT2D eigenvalue weighted by atomic mass is 9.84. The summed E-state index contributed by atoms with van der Waals surface area (Å²) >= 11 is 0. The molecule has 12 nitrogen and oxygen atoms in total. The number of benzene rings is 3. The summed E-state index contributed by atoms with van der Waals surface area (Å²) in [4.78, 5) is 15.2. The number of hydrogen-bond donors (Lipinski definition) is 0. The zero-order valence-electron chi connectivity index (χ0n) is 27.3. The van der Waals surface area contributed by atoms with Crippen molar-refractivity contribution in [1.29, 1.82) is 0 Å². The van der Waals surface area contributed by atoms with Gasteiger partial charge in [0, 0.05) is 43.2 Å². The molecule has 0 fully saturated rings. The number of fused-ring (bicyclic) bond motifs is 8. The van der Waals surface area contributed by atoms with Gasteiger partial charge >= 0.3 is 16.3 Å². The minimum absolute atomic E-state index is 0.00681. The third kappa shape index (κ3) is 7.07. The molecule has 2 atom stereocenters. The summed E-state index contributed by atoms with van der Waals surface area (Å²) < 4.78 is 52.5. The van der Waals surface area contributed by atoms with E-state index in [4.69, 9.17) is 18.4 Å². The Morgan fingerprint density at radius 1 is 1.02 bits per heavy atom. The summed E-state index contributed by atoms with van der Waals surface area (Å²) in [5.41, 5.74) is 5.73. The van der Waals surface area contributed by atoms with Crippen molar-refractivity contribution in [2.45, 2.75) is 58.7 Å². The van der Waals surface area contributed by atoms with Crippen LogP contribution in [0.15, 0.2) is 48.5 Å². The lowest BCUT2D eigenvalue weighted by Crippen LogP contribution is -2.37. The summed E-state index contributed by atoms with van der Waals surface area (Å²) in [6.07, 6.45) is 2.01. The Morgan fingerprint density at radius 2 is 1.83 bits per heavy atom. The highest BCUT2D eigenvalue weighted by Gasteiger charge is 2.33. The number of aromatic nitrogens is 3. The van der Waals surface area contributed by atoms with Gasteiger partial charge in [-0.05, 0) is 87.3 Å². The fourth-order valence-electron chi connectivity index (χ4n) is 6.34. The highest BCUT2D eigenvalue weighted by molar-refractivity contribution is 7.84. The Morgan fingerprint density at radius 3 is 2.64 bits per heavy atom. The lowest BCUT2D eigenvalue weighted by Gasteiger charge is -2.29. The van der Waals surface area contributed by atoms with Crippen molar-refractivity contribution in [3.63, 3.8) is 0 Å². The van der Waals surface area contributed by atoms with Crippen molar-refractivity contribution in [2.24, 2.45) is 0 Å². The highest BCUT2D eigenvalue weighted by atomic mass is 32.2. The lowest BCUT2D eigenvalue weighted by molar-refractivity contribution is -0.143. The van der Waals surface area contributed by atoms with Crippen LogP contribution in [0.5, 0.6) is 17.2 Å². The molecule has 0 aliphatic carbocycles. The van der Waals surface area contributed by atoms with Crippen LogP contribution in [0.3, 0.4) is 0 Å². The van der Waals surface area contributed by atoms with Gasteiger partial charge in [-0.3, -0.25) is 4.79 Å². The minimum atomic E-state index is -4.10. The second-order valence-electron chi connectivity index (χ2n) is 12.0. The predicted octanol–water partition coefficient (Wildman–Crippen LogP) is 4.58. The monoisotopic (exact) mass is 663 g/mol. The molecule has 0 saturated heterocycles. The zero-order valence-corrected chi connectivity index (χ0v) is 28.1. The summed E-state index contributed by atoms with van der Waals surface area (Å²) in [5, 5.41) is 9.02. The second kappa shape index (κ2) is 13.9. The fraction of sp³-hybridized carbons (Fsp3) is 0.441. The number of hydrogen-bond acceptors (Lipinski definition) is 10. The first-order valence-corrected chi connectivity index (χ1v) is 17.3. The van der Waals surface area contributed by atoms with Crippen LogP contribution in [0.25, 0.3) is 11.0 Å². The third-order valence-corrected chi connectivity index (χ3v) is 10.2. The van der Waals surface area contributed by atoms with E-state index in [1.54, 1.807) is 26.2 Å². The number of likely N-dealkylation sites (N-methyl/N-ethyl adjacent to an activating group) is 1. The van der Waals surface area contributed by atoms with Crippen molar-refractivity contribution in [1.82, 2.24) is 24.2 Å². The van der Waals surface area contributed by atoms with Gasteiger partial charge in [-0.25, -0.2) is 4.68 Å². The number of aryl methyl sites for hydroxylation is 2. The van der Waals surface area contributed by atoms with Crippen LogP contribution in [0, 0.1) is 6.92 Å². The number of rotatable bonds is 4. The van der Waals surface area contributed by atoms with Crippen LogP contribution >= 0.6 is 0 Å². The molecule has 1 aromatic heterocycles. The van der Waals surface area contributed by atoms with E-state index < -0.39 is 10.3 Å². The van der Waals surface area contributed by atoms with Gasteiger partial charge in [-0.2, -0.15) is 12.7 Å². The molecular weight excluding hydrogens is 622 g/mol. The molecule has 3 aliphatic heterocycles. The summed E-state index contributed by atoms with van der Waals surface area (Å²) in [5.74, 6) is 0.734. The van der Waals surface area contributed by atoms with Gasteiger partial charge in [0.25, 0.3) is 0 Å². The first-order chi connectivity index (χ1) is 22.7. The Labute approximate surface area is 275 Å². The smallest absolute Gasteiger partial charge is 0.385 e. The second-order valence-corrected chi connectivity index (χ2v) is 13.6.